The highest BCUT2D eigenvalue weighted by molar-refractivity contribution is 5.92. The minimum atomic E-state index is 0.114. The SMILES string of the molecule is COc1ccc(-c2ccc3ncnc(NC4CC4)c3c2)cc1CN(C(C)=O)C1CC1. The number of aromatic nitrogens is 2. The third-order valence-corrected chi connectivity index (χ3v) is 5.90. The van der Waals surface area contributed by atoms with Gasteiger partial charge in [0.25, 0.3) is 0 Å². The predicted molar refractivity (Wildman–Crippen MR) is 117 cm³/mol. The number of anilines is 1. The summed E-state index contributed by atoms with van der Waals surface area (Å²) in [4.78, 5) is 23.0. The molecule has 2 fully saturated rings. The van der Waals surface area contributed by atoms with Crippen LogP contribution in [0.25, 0.3) is 22.0 Å². The van der Waals surface area contributed by atoms with Gasteiger partial charge in [-0.05, 0) is 61.1 Å². The highest BCUT2D eigenvalue weighted by Gasteiger charge is 2.31. The molecule has 0 spiro atoms. The van der Waals surface area contributed by atoms with E-state index in [0.29, 0.717) is 18.6 Å². The lowest BCUT2D eigenvalue weighted by Gasteiger charge is -2.22. The van der Waals surface area contributed by atoms with Gasteiger partial charge in [0.1, 0.15) is 17.9 Å². The lowest BCUT2D eigenvalue weighted by atomic mass is 10.00. The highest BCUT2D eigenvalue weighted by atomic mass is 16.5. The first kappa shape index (κ1) is 18.9. The Labute approximate surface area is 176 Å². The molecule has 2 aromatic carbocycles. The van der Waals surface area contributed by atoms with E-state index in [4.69, 9.17) is 4.74 Å². The van der Waals surface area contributed by atoms with Gasteiger partial charge in [0.15, 0.2) is 0 Å². The van der Waals surface area contributed by atoms with E-state index >= 15 is 0 Å². The number of nitrogens with one attached hydrogen (secondary N) is 1. The zero-order valence-electron chi connectivity index (χ0n) is 17.4. The maximum atomic E-state index is 12.1. The van der Waals surface area contributed by atoms with Crippen molar-refractivity contribution in [2.75, 3.05) is 12.4 Å². The van der Waals surface area contributed by atoms with Gasteiger partial charge in [0, 0.05) is 36.5 Å². The Morgan fingerprint density at radius 3 is 2.57 bits per heavy atom. The minimum absolute atomic E-state index is 0.114. The van der Waals surface area contributed by atoms with Crippen LogP contribution in [0, 0.1) is 0 Å². The summed E-state index contributed by atoms with van der Waals surface area (Å²) >= 11 is 0. The predicted octanol–water partition coefficient (Wildman–Crippen LogP) is 4.39. The molecule has 0 atom stereocenters. The number of nitrogens with zero attached hydrogens (tertiary/aromatic N) is 3. The summed E-state index contributed by atoms with van der Waals surface area (Å²) in [7, 11) is 1.68. The Hall–Kier alpha value is -3.15. The van der Waals surface area contributed by atoms with E-state index < -0.39 is 0 Å². The average Bonchev–Trinajstić information content (AvgIpc) is 3.67. The fraction of sp³-hybridized carbons (Fsp3) is 0.375. The third-order valence-electron chi connectivity index (χ3n) is 5.90. The number of carbonyl (C=O) groups excluding carboxylic acids is 1. The second-order valence-electron chi connectivity index (χ2n) is 8.28. The molecule has 2 saturated carbocycles. The molecule has 6 nitrogen and oxygen atoms in total. The van der Waals surface area contributed by atoms with Crippen LogP contribution in [0.1, 0.15) is 38.2 Å². The van der Waals surface area contributed by atoms with Gasteiger partial charge in [-0.2, -0.15) is 0 Å². The van der Waals surface area contributed by atoms with Crippen molar-refractivity contribution >= 4 is 22.6 Å². The minimum Gasteiger partial charge on any atom is -0.496 e. The van der Waals surface area contributed by atoms with Gasteiger partial charge in [-0.25, -0.2) is 9.97 Å². The first-order valence-corrected chi connectivity index (χ1v) is 10.6. The van der Waals surface area contributed by atoms with Crippen molar-refractivity contribution in [3.63, 3.8) is 0 Å². The molecule has 30 heavy (non-hydrogen) atoms. The van der Waals surface area contributed by atoms with Gasteiger partial charge in [0.05, 0.1) is 12.6 Å². The van der Waals surface area contributed by atoms with E-state index in [0.717, 1.165) is 52.0 Å². The average molecular weight is 402 g/mol. The van der Waals surface area contributed by atoms with Crippen LogP contribution < -0.4 is 10.1 Å². The Bertz CT molecular complexity index is 1110. The van der Waals surface area contributed by atoms with E-state index in [1.807, 2.05) is 17.0 Å². The van der Waals surface area contributed by atoms with Crippen LogP contribution in [0.2, 0.25) is 0 Å². The van der Waals surface area contributed by atoms with Crippen LogP contribution in [0.3, 0.4) is 0 Å². The van der Waals surface area contributed by atoms with Crippen molar-refractivity contribution in [2.45, 2.75) is 51.2 Å². The van der Waals surface area contributed by atoms with Crippen molar-refractivity contribution in [1.82, 2.24) is 14.9 Å². The molecule has 0 radical (unpaired) electrons. The number of hydrogen-bond acceptors (Lipinski definition) is 5. The summed E-state index contributed by atoms with van der Waals surface area (Å²) in [6.45, 7) is 2.22. The lowest BCUT2D eigenvalue weighted by Crippen LogP contribution is -2.30. The number of rotatable bonds is 7. The molecular weight excluding hydrogens is 376 g/mol. The Morgan fingerprint density at radius 1 is 1.10 bits per heavy atom. The first-order valence-electron chi connectivity index (χ1n) is 10.6. The molecule has 1 heterocycles. The summed E-state index contributed by atoms with van der Waals surface area (Å²) in [6.07, 6.45) is 6.18. The van der Waals surface area contributed by atoms with E-state index in [1.54, 1.807) is 20.4 Å². The van der Waals surface area contributed by atoms with Crippen LogP contribution in [-0.4, -0.2) is 40.0 Å². The van der Waals surface area contributed by atoms with Crippen molar-refractivity contribution in [1.29, 1.82) is 0 Å². The van der Waals surface area contributed by atoms with Gasteiger partial charge >= 0.3 is 0 Å². The molecule has 0 bridgehead atoms. The molecule has 2 aliphatic carbocycles. The smallest absolute Gasteiger partial charge is 0.219 e. The molecule has 1 amide bonds. The molecule has 5 rings (SSSR count). The van der Waals surface area contributed by atoms with Crippen LogP contribution in [-0.2, 0) is 11.3 Å². The monoisotopic (exact) mass is 402 g/mol. The summed E-state index contributed by atoms with van der Waals surface area (Å²) < 4.78 is 5.59. The van der Waals surface area contributed by atoms with Crippen molar-refractivity contribution < 1.29 is 9.53 Å². The number of fused-ring (bicyclic) bond motifs is 1. The summed E-state index contributed by atoms with van der Waals surface area (Å²) in [5.74, 6) is 1.82. The third kappa shape index (κ3) is 3.82. The van der Waals surface area contributed by atoms with Crippen molar-refractivity contribution in [2.24, 2.45) is 0 Å². The molecule has 2 aliphatic rings. The van der Waals surface area contributed by atoms with Gasteiger partial charge < -0.3 is 15.0 Å². The number of amides is 1. The summed E-state index contributed by atoms with van der Waals surface area (Å²) in [5, 5.41) is 4.54. The van der Waals surface area contributed by atoms with Crippen molar-refractivity contribution in [3.8, 4) is 16.9 Å². The molecule has 1 N–H and O–H groups in total. The summed E-state index contributed by atoms with van der Waals surface area (Å²) in [6, 6.07) is 13.4. The lowest BCUT2D eigenvalue weighted by molar-refractivity contribution is -0.130. The molecule has 1 aromatic heterocycles. The van der Waals surface area contributed by atoms with E-state index in [1.165, 1.54) is 12.8 Å². The second-order valence-corrected chi connectivity index (χ2v) is 8.28. The van der Waals surface area contributed by atoms with Crippen molar-refractivity contribution in [3.05, 3.63) is 48.3 Å². The molecule has 0 saturated heterocycles. The maximum Gasteiger partial charge on any atom is 0.219 e. The number of benzene rings is 2. The van der Waals surface area contributed by atoms with Crippen LogP contribution in [0.5, 0.6) is 5.75 Å². The van der Waals surface area contributed by atoms with Gasteiger partial charge in [-0.3, -0.25) is 4.79 Å². The number of methoxy groups -OCH3 is 1. The van der Waals surface area contributed by atoms with Crippen LogP contribution >= 0.6 is 0 Å². The molecule has 3 aromatic rings. The van der Waals surface area contributed by atoms with Gasteiger partial charge in [0.2, 0.25) is 5.91 Å². The Balaban J connectivity index is 1.51. The zero-order chi connectivity index (χ0) is 20.7. The number of ether oxygens (including phenoxy) is 1. The number of carbonyl (C=O) groups is 1. The molecule has 154 valence electrons. The quantitative estimate of drug-likeness (QED) is 0.635. The molecule has 6 heteroatoms. The maximum absolute atomic E-state index is 12.1. The Morgan fingerprint density at radius 2 is 1.87 bits per heavy atom. The fourth-order valence-electron chi connectivity index (χ4n) is 3.92. The van der Waals surface area contributed by atoms with Crippen LogP contribution in [0.15, 0.2) is 42.7 Å². The highest BCUT2D eigenvalue weighted by Crippen LogP contribution is 2.34. The Kier molecular flexibility index (Phi) is 4.77. The zero-order valence-corrected chi connectivity index (χ0v) is 17.4. The first-order chi connectivity index (χ1) is 14.6. The van der Waals surface area contributed by atoms with E-state index in [2.05, 4.69) is 39.6 Å². The fourth-order valence-corrected chi connectivity index (χ4v) is 3.92. The van der Waals surface area contributed by atoms with Crippen LogP contribution in [0.4, 0.5) is 5.82 Å². The van der Waals surface area contributed by atoms with Gasteiger partial charge in [-0.1, -0.05) is 12.1 Å². The largest absolute Gasteiger partial charge is 0.496 e. The normalized spacial score (nSPS) is 15.8. The second kappa shape index (κ2) is 7.59. The topological polar surface area (TPSA) is 67.4 Å². The molecular formula is C24H26N4O2. The van der Waals surface area contributed by atoms with E-state index in [9.17, 15) is 4.79 Å². The van der Waals surface area contributed by atoms with E-state index in [-0.39, 0.29) is 5.91 Å². The summed E-state index contributed by atoms with van der Waals surface area (Å²) in [5.41, 5.74) is 4.15. The van der Waals surface area contributed by atoms with Gasteiger partial charge in [-0.15, -0.1) is 0 Å². The number of hydrogen-bond donors (Lipinski definition) is 1. The standard InChI is InChI=1S/C24H26N4O2/c1-15(29)28(20-7-8-20)13-18-11-16(4-10-23(18)30-2)17-3-9-22-21(12-17)24(26-14-25-22)27-19-5-6-19/h3-4,9-12,14,19-20H,5-8,13H2,1-2H3,(H,25,26,27). The molecule has 0 aliphatic heterocycles. The molecule has 0 unspecified atom stereocenters.